The first kappa shape index (κ1) is 22.7. The van der Waals surface area contributed by atoms with Crippen LogP contribution in [-0.4, -0.2) is 19.1 Å². The number of fused-ring (bicyclic) bond motifs is 11. The van der Waals surface area contributed by atoms with E-state index in [-0.39, 0.29) is 0 Å². The average molecular weight is 551 g/mol. The predicted octanol–water partition coefficient (Wildman–Crippen LogP) is 9.72. The van der Waals surface area contributed by atoms with Gasteiger partial charge in [-0.3, -0.25) is 9.55 Å². The molecule has 0 spiro atoms. The summed E-state index contributed by atoms with van der Waals surface area (Å²) in [5.74, 6) is 0.777. The maximum atomic E-state index is 6.59. The van der Waals surface area contributed by atoms with Crippen molar-refractivity contribution in [2.45, 2.75) is 0 Å². The molecular formula is C38H22N4O. The first-order valence-electron chi connectivity index (χ1n) is 14.4. The summed E-state index contributed by atoms with van der Waals surface area (Å²) in [7, 11) is 0. The Morgan fingerprint density at radius 3 is 1.81 bits per heavy atom. The highest BCUT2D eigenvalue weighted by atomic mass is 16.3. The smallest absolute Gasteiger partial charge is 0.156 e. The van der Waals surface area contributed by atoms with Gasteiger partial charge in [-0.05, 0) is 36.4 Å². The second kappa shape index (κ2) is 8.30. The number of furan rings is 1. The van der Waals surface area contributed by atoms with Gasteiger partial charge < -0.3 is 8.98 Å². The molecule has 0 N–H and O–H groups in total. The first-order chi connectivity index (χ1) is 21.3. The lowest BCUT2D eigenvalue weighted by atomic mass is 10.0. The van der Waals surface area contributed by atoms with E-state index in [9.17, 15) is 0 Å². The van der Waals surface area contributed by atoms with Crippen LogP contribution in [0.25, 0.3) is 88.1 Å². The van der Waals surface area contributed by atoms with Crippen molar-refractivity contribution in [2.75, 3.05) is 0 Å². The molecule has 0 aliphatic carbocycles. The molecule has 6 aromatic carbocycles. The van der Waals surface area contributed by atoms with Gasteiger partial charge in [0.1, 0.15) is 11.2 Å². The molecule has 0 unspecified atom stereocenters. The van der Waals surface area contributed by atoms with E-state index in [1.165, 1.54) is 10.8 Å². The topological polar surface area (TPSA) is 48.8 Å². The summed E-state index contributed by atoms with van der Waals surface area (Å²) in [5, 5.41) is 6.92. The molecule has 4 aromatic heterocycles. The molecule has 0 aliphatic rings. The van der Waals surface area contributed by atoms with Crippen LogP contribution in [0.4, 0.5) is 0 Å². The molecule has 0 radical (unpaired) electrons. The van der Waals surface area contributed by atoms with Gasteiger partial charge in [0, 0.05) is 38.4 Å². The van der Waals surface area contributed by atoms with Crippen LogP contribution in [0, 0.1) is 0 Å². The molecule has 0 bridgehead atoms. The van der Waals surface area contributed by atoms with E-state index in [1.54, 1.807) is 0 Å². The molecule has 5 nitrogen and oxygen atoms in total. The van der Waals surface area contributed by atoms with Crippen LogP contribution in [0.15, 0.2) is 138 Å². The fourth-order valence-corrected chi connectivity index (χ4v) is 7.00. The van der Waals surface area contributed by atoms with Crippen molar-refractivity contribution in [3.63, 3.8) is 0 Å². The van der Waals surface area contributed by atoms with E-state index in [1.807, 2.05) is 36.5 Å². The standard InChI is InChI=1S/C38H22N4O/c1-7-17-29-23(11-1)24-12-2-8-18-30(24)41(29)32-21-34-36(26-14-4-10-20-33(26)43-34)37-25-13-3-9-19-31(25)42(38(32)37)35-22-39-27-15-5-6-16-28(27)40-35/h1-22H. The summed E-state index contributed by atoms with van der Waals surface area (Å²) in [6, 6.07) is 44.4. The number of hydrogen-bond donors (Lipinski definition) is 0. The van der Waals surface area contributed by atoms with Gasteiger partial charge in [-0.2, -0.15) is 0 Å². The minimum atomic E-state index is 0.777. The lowest BCUT2D eigenvalue weighted by Crippen LogP contribution is -2.03. The van der Waals surface area contributed by atoms with Gasteiger partial charge in [0.2, 0.25) is 0 Å². The fraction of sp³-hybridized carbons (Fsp3) is 0. The lowest BCUT2D eigenvalue weighted by Gasteiger charge is -2.14. The number of para-hydroxylation sites is 6. The second-order valence-corrected chi connectivity index (χ2v) is 11.0. The van der Waals surface area contributed by atoms with Gasteiger partial charge in [-0.15, -0.1) is 0 Å². The van der Waals surface area contributed by atoms with Crippen molar-refractivity contribution < 1.29 is 4.42 Å². The molecule has 43 heavy (non-hydrogen) atoms. The third-order valence-corrected chi connectivity index (χ3v) is 8.74. The van der Waals surface area contributed by atoms with Crippen LogP contribution < -0.4 is 0 Å². The SMILES string of the molecule is c1ccc2nc(-n3c4ccccc4c4c5c(cc(-n6c7ccccc7c7ccccc76)c43)oc3ccccc35)cnc2c1. The minimum Gasteiger partial charge on any atom is -0.456 e. The molecule has 4 heterocycles. The summed E-state index contributed by atoms with van der Waals surface area (Å²) in [6.07, 6.45) is 1.89. The van der Waals surface area contributed by atoms with Crippen molar-refractivity contribution in [2.24, 2.45) is 0 Å². The fourth-order valence-electron chi connectivity index (χ4n) is 7.00. The van der Waals surface area contributed by atoms with Crippen molar-refractivity contribution in [3.05, 3.63) is 134 Å². The highest BCUT2D eigenvalue weighted by Crippen LogP contribution is 2.45. The Hall–Kier alpha value is -5.94. The highest BCUT2D eigenvalue weighted by Gasteiger charge is 2.25. The van der Waals surface area contributed by atoms with E-state index >= 15 is 0 Å². The quantitative estimate of drug-likeness (QED) is 0.215. The molecule has 10 aromatic rings. The summed E-state index contributed by atoms with van der Waals surface area (Å²) >= 11 is 0. The van der Waals surface area contributed by atoms with Crippen molar-refractivity contribution in [1.29, 1.82) is 0 Å². The van der Waals surface area contributed by atoms with Gasteiger partial charge in [-0.1, -0.05) is 84.9 Å². The summed E-state index contributed by atoms with van der Waals surface area (Å²) in [6.45, 7) is 0. The van der Waals surface area contributed by atoms with Gasteiger partial charge >= 0.3 is 0 Å². The van der Waals surface area contributed by atoms with Crippen molar-refractivity contribution >= 4 is 76.6 Å². The zero-order valence-electron chi connectivity index (χ0n) is 22.9. The van der Waals surface area contributed by atoms with E-state index in [0.717, 1.165) is 77.3 Å². The summed E-state index contributed by atoms with van der Waals surface area (Å²) in [4.78, 5) is 10.00. The Kier molecular flexibility index (Phi) is 4.39. The normalized spacial score (nSPS) is 12.2. The molecule has 0 atom stereocenters. The first-order valence-corrected chi connectivity index (χ1v) is 14.4. The molecule has 5 heteroatoms. The van der Waals surface area contributed by atoms with E-state index in [4.69, 9.17) is 14.4 Å². The monoisotopic (exact) mass is 550 g/mol. The molecule has 0 aliphatic heterocycles. The van der Waals surface area contributed by atoms with Crippen LogP contribution >= 0.6 is 0 Å². The maximum absolute atomic E-state index is 6.59. The Morgan fingerprint density at radius 2 is 1.07 bits per heavy atom. The Labute approximate surface area is 244 Å². The van der Waals surface area contributed by atoms with E-state index in [2.05, 4.69) is 106 Å². The molecule has 0 saturated heterocycles. The van der Waals surface area contributed by atoms with Crippen LogP contribution in [0.5, 0.6) is 0 Å². The van der Waals surface area contributed by atoms with Crippen LogP contribution in [-0.2, 0) is 0 Å². The Morgan fingerprint density at radius 1 is 0.488 bits per heavy atom. The largest absolute Gasteiger partial charge is 0.456 e. The predicted molar refractivity (Wildman–Crippen MR) is 175 cm³/mol. The third kappa shape index (κ3) is 3.00. The molecule has 0 fully saturated rings. The Balaban J connectivity index is 1.50. The van der Waals surface area contributed by atoms with E-state index in [0.29, 0.717) is 0 Å². The Bertz CT molecular complexity index is 2690. The average Bonchev–Trinajstić information content (AvgIpc) is 3.72. The van der Waals surface area contributed by atoms with Gasteiger partial charge in [0.15, 0.2) is 5.82 Å². The van der Waals surface area contributed by atoms with Crippen LogP contribution in [0.3, 0.4) is 0 Å². The summed E-state index contributed by atoms with van der Waals surface area (Å²) < 4.78 is 11.3. The minimum absolute atomic E-state index is 0.777. The number of nitrogens with zero attached hydrogens (tertiary/aromatic N) is 4. The molecule has 0 saturated carbocycles. The molecule has 200 valence electrons. The van der Waals surface area contributed by atoms with Crippen LogP contribution in [0.2, 0.25) is 0 Å². The zero-order valence-corrected chi connectivity index (χ0v) is 22.9. The van der Waals surface area contributed by atoms with Gasteiger partial charge in [0.05, 0.1) is 45.0 Å². The van der Waals surface area contributed by atoms with Crippen LogP contribution in [0.1, 0.15) is 0 Å². The number of hydrogen-bond acceptors (Lipinski definition) is 3. The lowest BCUT2D eigenvalue weighted by molar-refractivity contribution is 0.669. The van der Waals surface area contributed by atoms with E-state index < -0.39 is 0 Å². The van der Waals surface area contributed by atoms with Crippen molar-refractivity contribution in [1.82, 2.24) is 19.1 Å². The molecule has 10 rings (SSSR count). The van der Waals surface area contributed by atoms with Gasteiger partial charge in [0.25, 0.3) is 0 Å². The number of rotatable bonds is 2. The second-order valence-electron chi connectivity index (χ2n) is 11.0. The van der Waals surface area contributed by atoms with Gasteiger partial charge in [-0.25, -0.2) is 4.98 Å². The third-order valence-electron chi connectivity index (χ3n) is 8.74. The zero-order chi connectivity index (χ0) is 28.1. The van der Waals surface area contributed by atoms with Crippen molar-refractivity contribution in [3.8, 4) is 11.5 Å². The highest BCUT2D eigenvalue weighted by molar-refractivity contribution is 6.29. The maximum Gasteiger partial charge on any atom is 0.156 e. The number of aromatic nitrogens is 4. The summed E-state index contributed by atoms with van der Waals surface area (Å²) in [5.41, 5.74) is 8.92. The molecular weight excluding hydrogens is 528 g/mol. The number of benzene rings is 6. The molecule has 0 amide bonds.